The van der Waals surface area contributed by atoms with E-state index in [1.54, 1.807) is 26.1 Å². The third-order valence-electron chi connectivity index (χ3n) is 4.65. The summed E-state index contributed by atoms with van der Waals surface area (Å²) < 4.78 is 66.0. The standard InChI is InChI=1S/C19H19N3O7S2.H2O/c1-10-6-11(2)16(30(24,25)26)9-15(10)21-22-18-17(31(27,28)29)8-12-7-13(20-3)4-5-14(12)19(18)23;/h4-9,20,23H,1-3H3,(H,24,25,26)(H,27,28,29);1H2. The first-order valence-corrected chi connectivity index (χ1v) is 11.7. The first kappa shape index (κ1) is 25.2. The molecule has 0 radical (unpaired) electrons. The lowest BCUT2D eigenvalue weighted by Crippen LogP contribution is -2.01. The van der Waals surface area contributed by atoms with E-state index in [4.69, 9.17) is 0 Å². The number of nitrogens with one attached hydrogen (secondary N) is 1. The number of rotatable bonds is 5. The lowest BCUT2D eigenvalue weighted by atomic mass is 10.1. The topological polar surface area (TPSA) is 197 Å². The molecule has 172 valence electrons. The maximum absolute atomic E-state index is 11.9. The zero-order valence-electron chi connectivity index (χ0n) is 17.1. The predicted molar refractivity (Wildman–Crippen MR) is 118 cm³/mol. The van der Waals surface area contributed by atoms with E-state index in [-0.39, 0.29) is 27.0 Å². The lowest BCUT2D eigenvalue weighted by molar-refractivity contribution is 0.472. The quantitative estimate of drug-likeness (QED) is 0.313. The Morgan fingerprint density at radius 2 is 1.47 bits per heavy atom. The van der Waals surface area contributed by atoms with E-state index in [0.29, 0.717) is 16.6 Å². The van der Waals surface area contributed by atoms with E-state index in [1.807, 2.05) is 0 Å². The molecular formula is C19H21N3O8S2. The van der Waals surface area contributed by atoms with E-state index in [0.717, 1.165) is 12.1 Å². The molecule has 0 aliphatic heterocycles. The number of anilines is 1. The van der Waals surface area contributed by atoms with Crippen LogP contribution in [-0.4, -0.2) is 43.6 Å². The number of nitrogens with zero attached hydrogens (tertiary/aromatic N) is 2. The van der Waals surface area contributed by atoms with E-state index in [9.17, 15) is 31.0 Å². The van der Waals surface area contributed by atoms with Crippen molar-refractivity contribution in [2.45, 2.75) is 23.6 Å². The predicted octanol–water partition coefficient (Wildman–Crippen LogP) is 3.29. The van der Waals surface area contributed by atoms with Gasteiger partial charge in [0.1, 0.15) is 10.6 Å². The Morgan fingerprint density at radius 1 is 0.844 bits per heavy atom. The van der Waals surface area contributed by atoms with Crippen LogP contribution in [0.15, 0.2) is 56.4 Å². The van der Waals surface area contributed by atoms with Crippen LogP contribution in [0.25, 0.3) is 10.8 Å². The van der Waals surface area contributed by atoms with E-state index in [2.05, 4.69) is 15.5 Å². The second-order valence-electron chi connectivity index (χ2n) is 6.81. The summed E-state index contributed by atoms with van der Waals surface area (Å²) in [5.41, 5.74) is 0.924. The van der Waals surface area contributed by atoms with Crippen molar-refractivity contribution in [3.63, 3.8) is 0 Å². The van der Waals surface area contributed by atoms with Crippen LogP contribution in [0.3, 0.4) is 0 Å². The number of azo groups is 1. The van der Waals surface area contributed by atoms with Crippen LogP contribution in [-0.2, 0) is 20.2 Å². The van der Waals surface area contributed by atoms with Gasteiger partial charge in [0, 0.05) is 18.1 Å². The van der Waals surface area contributed by atoms with Gasteiger partial charge in [-0.15, -0.1) is 5.11 Å². The van der Waals surface area contributed by atoms with Crippen molar-refractivity contribution < 1.29 is 36.5 Å². The molecule has 0 heterocycles. The van der Waals surface area contributed by atoms with Crippen molar-refractivity contribution in [2.24, 2.45) is 10.2 Å². The minimum atomic E-state index is -4.79. The van der Waals surface area contributed by atoms with Gasteiger partial charge in [0.2, 0.25) is 0 Å². The molecule has 32 heavy (non-hydrogen) atoms. The second-order valence-corrected chi connectivity index (χ2v) is 9.59. The second kappa shape index (κ2) is 8.80. The van der Waals surface area contributed by atoms with Gasteiger partial charge in [-0.3, -0.25) is 9.11 Å². The van der Waals surface area contributed by atoms with E-state index < -0.39 is 36.6 Å². The van der Waals surface area contributed by atoms with Crippen LogP contribution in [0.1, 0.15) is 11.1 Å². The Kier molecular flexibility index (Phi) is 6.92. The molecule has 3 aromatic carbocycles. The molecule has 0 bridgehead atoms. The van der Waals surface area contributed by atoms with Crippen LogP contribution in [0.2, 0.25) is 0 Å². The lowest BCUT2D eigenvalue weighted by Gasteiger charge is -2.10. The number of benzene rings is 3. The van der Waals surface area contributed by atoms with Crippen molar-refractivity contribution in [1.82, 2.24) is 0 Å². The summed E-state index contributed by atoms with van der Waals surface area (Å²) in [5, 5.41) is 21.8. The summed E-state index contributed by atoms with van der Waals surface area (Å²) in [5.74, 6) is -0.531. The molecule has 0 atom stereocenters. The Labute approximate surface area is 184 Å². The minimum Gasteiger partial charge on any atom is -0.505 e. The fraction of sp³-hybridized carbons (Fsp3) is 0.158. The number of hydrogen-bond acceptors (Lipinski definition) is 8. The minimum absolute atomic E-state index is 0. The van der Waals surface area contributed by atoms with Gasteiger partial charge in [0.25, 0.3) is 20.2 Å². The summed E-state index contributed by atoms with van der Waals surface area (Å²) in [4.78, 5) is -1.06. The highest BCUT2D eigenvalue weighted by Crippen LogP contribution is 2.42. The molecule has 6 N–H and O–H groups in total. The average Bonchev–Trinajstić information content (AvgIpc) is 2.66. The highest BCUT2D eigenvalue weighted by atomic mass is 32.2. The van der Waals surface area contributed by atoms with Crippen molar-refractivity contribution in [1.29, 1.82) is 0 Å². The van der Waals surface area contributed by atoms with Gasteiger partial charge in [-0.05, 0) is 60.7 Å². The Balaban J connectivity index is 0.00000363. The molecule has 3 rings (SSSR count). The summed E-state index contributed by atoms with van der Waals surface area (Å²) >= 11 is 0. The fourth-order valence-electron chi connectivity index (χ4n) is 3.11. The summed E-state index contributed by atoms with van der Waals surface area (Å²) in [6.45, 7) is 3.10. The molecule has 0 aromatic heterocycles. The molecule has 0 fully saturated rings. The van der Waals surface area contributed by atoms with Crippen LogP contribution < -0.4 is 5.32 Å². The molecule has 11 nitrogen and oxygen atoms in total. The summed E-state index contributed by atoms with van der Waals surface area (Å²) in [6.07, 6.45) is 0. The monoisotopic (exact) mass is 483 g/mol. The van der Waals surface area contributed by atoms with Crippen LogP contribution in [0.4, 0.5) is 17.1 Å². The normalized spacial score (nSPS) is 12.2. The molecule has 3 aromatic rings. The molecule has 0 spiro atoms. The Hall–Kier alpha value is -3.10. The van der Waals surface area contributed by atoms with E-state index in [1.165, 1.54) is 19.1 Å². The van der Waals surface area contributed by atoms with Gasteiger partial charge in [-0.25, -0.2) is 0 Å². The molecule has 0 aliphatic carbocycles. The molecule has 0 amide bonds. The van der Waals surface area contributed by atoms with Gasteiger partial charge in [-0.2, -0.15) is 21.9 Å². The number of aromatic hydroxyl groups is 1. The van der Waals surface area contributed by atoms with Crippen molar-refractivity contribution in [2.75, 3.05) is 12.4 Å². The first-order chi connectivity index (χ1) is 14.3. The summed E-state index contributed by atoms with van der Waals surface area (Å²) in [6, 6.07) is 8.45. The molecule has 0 saturated carbocycles. The molecular weight excluding hydrogens is 462 g/mol. The van der Waals surface area contributed by atoms with Crippen molar-refractivity contribution in [3.05, 3.63) is 47.5 Å². The highest BCUT2D eigenvalue weighted by Gasteiger charge is 2.22. The Morgan fingerprint density at radius 3 is 2.03 bits per heavy atom. The average molecular weight is 484 g/mol. The highest BCUT2D eigenvalue weighted by molar-refractivity contribution is 7.86. The van der Waals surface area contributed by atoms with Gasteiger partial charge in [-0.1, -0.05) is 6.07 Å². The number of phenolic OH excluding ortho intramolecular Hbond substituents is 1. The largest absolute Gasteiger partial charge is 0.505 e. The maximum atomic E-state index is 11.9. The molecule has 0 unspecified atom stereocenters. The van der Waals surface area contributed by atoms with Crippen molar-refractivity contribution >= 4 is 48.1 Å². The molecule has 0 aliphatic rings. The molecule has 13 heteroatoms. The Bertz CT molecular complexity index is 1450. The number of hydrogen-bond donors (Lipinski definition) is 4. The third kappa shape index (κ3) is 4.87. The maximum Gasteiger partial charge on any atom is 0.296 e. The van der Waals surface area contributed by atoms with Crippen LogP contribution in [0, 0.1) is 13.8 Å². The smallest absolute Gasteiger partial charge is 0.296 e. The van der Waals surface area contributed by atoms with E-state index >= 15 is 0 Å². The van der Waals surface area contributed by atoms with Crippen LogP contribution in [0.5, 0.6) is 5.75 Å². The van der Waals surface area contributed by atoms with Gasteiger partial charge >= 0.3 is 0 Å². The fourth-order valence-corrected chi connectivity index (χ4v) is 4.50. The number of aryl methyl sites for hydroxylation is 2. The first-order valence-electron chi connectivity index (χ1n) is 8.78. The number of fused-ring (bicyclic) bond motifs is 1. The van der Waals surface area contributed by atoms with Gasteiger partial charge in [0.15, 0.2) is 5.75 Å². The van der Waals surface area contributed by atoms with Crippen LogP contribution >= 0.6 is 0 Å². The number of phenols is 1. The zero-order valence-corrected chi connectivity index (χ0v) is 18.8. The van der Waals surface area contributed by atoms with Gasteiger partial charge < -0.3 is 15.9 Å². The molecule has 0 saturated heterocycles. The third-order valence-corrected chi connectivity index (χ3v) is 6.51. The van der Waals surface area contributed by atoms with Crippen molar-refractivity contribution in [3.8, 4) is 5.75 Å². The van der Waals surface area contributed by atoms with Gasteiger partial charge in [0.05, 0.1) is 10.6 Å². The summed E-state index contributed by atoms with van der Waals surface area (Å²) in [7, 11) is -7.65. The SMILES string of the molecule is CNc1ccc2c(O)c(N=Nc3cc(S(=O)(=O)O)c(C)cc3C)c(S(=O)(=O)O)cc2c1.O. The zero-order chi connectivity index (χ0) is 23.1.